The van der Waals surface area contributed by atoms with Crippen LogP contribution in [0.3, 0.4) is 0 Å². The second-order valence-corrected chi connectivity index (χ2v) is 7.46. The number of benzene rings is 2. The van der Waals surface area contributed by atoms with E-state index < -0.39 is 10.8 Å². The van der Waals surface area contributed by atoms with Crippen molar-refractivity contribution in [2.75, 3.05) is 12.4 Å². The van der Waals surface area contributed by atoms with E-state index >= 15 is 0 Å². The van der Waals surface area contributed by atoms with Crippen LogP contribution in [-0.2, 0) is 11.3 Å². The van der Waals surface area contributed by atoms with E-state index in [-0.39, 0.29) is 18.1 Å². The van der Waals surface area contributed by atoms with Gasteiger partial charge in [0.1, 0.15) is 17.1 Å². The quantitative estimate of drug-likeness (QED) is 0.298. The number of anilines is 1. The number of nitrogens with zero attached hydrogens (tertiary/aromatic N) is 4. The first kappa shape index (κ1) is 24.1. The molecule has 0 saturated carbocycles. The zero-order chi connectivity index (χ0) is 24.8. The van der Waals surface area contributed by atoms with Crippen LogP contribution in [0.1, 0.15) is 39.8 Å². The smallest absolute Gasteiger partial charge is 0.312 e. The average molecular weight is 464 g/mol. The van der Waals surface area contributed by atoms with E-state index in [0.717, 1.165) is 5.56 Å². The minimum Gasteiger partial charge on any atom is -0.496 e. The van der Waals surface area contributed by atoms with Crippen LogP contribution in [0.25, 0.3) is 0 Å². The van der Waals surface area contributed by atoms with Gasteiger partial charge in [-0.3, -0.25) is 24.4 Å². The maximum absolute atomic E-state index is 12.3. The van der Waals surface area contributed by atoms with Gasteiger partial charge in [-0.05, 0) is 61.9 Å². The molecule has 11 nitrogen and oxygen atoms in total. The number of rotatable bonds is 8. The summed E-state index contributed by atoms with van der Waals surface area (Å²) in [7, 11) is 1.54. The molecule has 34 heavy (non-hydrogen) atoms. The average Bonchev–Trinajstić information content (AvgIpc) is 3.06. The second kappa shape index (κ2) is 10.4. The van der Waals surface area contributed by atoms with Crippen LogP contribution in [0.2, 0.25) is 0 Å². The van der Waals surface area contributed by atoms with E-state index in [9.17, 15) is 19.7 Å². The van der Waals surface area contributed by atoms with E-state index in [1.54, 1.807) is 61.0 Å². The van der Waals surface area contributed by atoms with Crippen molar-refractivity contribution in [1.82, 2.24) is 15.2 Å². The lowest BCUT2D eigenvalue weighted by Gasteiger charge is -2.10. The Morgan fingerprint density at radius 3 is 2.50 bits per heavy atom. The lowest BCUT2D eigenvalue weighted by atomic mass is 10.1. The van der Waals surface area contributed by atoms with E-state index in [1.165, 1.54) is 20.2 Å². The number of hydrogen-bond donors (Lipinski definition) is 2. The van der Waals surface area contributed by atoms with Crippen LogP contribution in [0, 0.1) is 24.0 Å². The Bertz CT molecular complexity index is 1260. The normalized spacial score (nSPS) is 10.8. The molecule has 0 spiro atoms. The number of amides is 2. The van der Waals surface area contributed by atoms with Crippen molar-refractivity contribution in [3.05, 3.63) is 80.7 Å². The summed E-state index contributed by atoms with van der Waals surface area (Å²) in [4.78, 5) is 34.2. The Morgan fingerprint density at radius 1 is 1.21 bits per heavy atom. The zero-order valence-corrected chi connectivity index (χ0v) is 19.2. The van der Waals surface area contributed by atoms with Crippen LogP contribution < -0.4 is 15.5 Å². The summed E-state index contributed by atoms with van der Waals surface area (Å²) in [6.45, 7) is 4.91. The molecule has 0 aliphatic carbocycles. The minimum absolute atomic E-state index is 0.00972. The van der Waals surface area contributed by atoms with Crippen molar-refractivity contribution in [1.29, 1.82) is 0 Å². The first-order chi connectivity index (χ1) is 16.2. The van der Waals surface area contributed by atoms with Gasteiger partial charge in [-0.25, -0.2) is 5.43 Å². The number of ether oxygens (including phenoxy) is 1. The largest absolute Gasteiger partial charge is 0.496 e. The molecule has 1 heterocycles. The number of methoxy groups -OCH3 is 1. The first-order valence-corrected chi connectivity index (χ1v) is 10.3. The van der Waals surface area contributed by atoms with Gasteiger partial charge in [0.2, 0.25) is 5.91 Å². The Morgan fingerprint density at radius 2 is 1.91 bits per heavy atom. The molecule has 3 aromatic rings. The van der Waals surface area contributed by atoms with Gasteiger partial charge in [0.25, 0.3) is 5.91 Å². The Kier molecular flexibility index (Phi) is 7.36. The summed E-state index contributed by atoms with van der Waals surface area (Å²) in [6, 6.07) is 11.7. The second-order valence-electron chi connectivity index (χ2n) is 7.46. The SMILES string of the molecule is COc1ccc(C=NNC(=O)c2ccc(NC(C)=O)cc2)cc1Cn1nc(C)c([N+](=O)[O-])c1C. The van der Waals surface area contributed by atoms with Gasteiger partial charge >= 0.3 is 5.69 Å². The van der Waals surface area contributed by atoms with Gasteiger partial charge in [0.05, 0.1) is 24.8 Å². The lowest BCUT2D eigenvalue weighted by Crippen LogP contribution is -2.17. The Balaban J connectivity index is 1.73. The molecular weight excluding hydrogens is 440 g/mol. The first-order valence-electron chi connectivity index (χ1n) is 10.3. The van der Waals surface area contributed by atoms with Crippen LogP contribution in [0.4, 0.5) is 11.4 Å². The molecule has 0 saturated heterocycles. The van der Waals surface area contributed by atoms with E-state index in [4.69, 9.17) is 4.74 Å². The number of aryl methyl sites for hydroxylation is 1. The standard InChI is InChI=1S/C23H24N6O5/c1-14-22(29(32)33)15(2)28(27-14)13-19-11-17(5-10-21(19)34-4)12-24-26-23(31)18-6-8-20(9-7-18)25-16(3)30/h5-12H,13H2,1-4H3,(H,25,30)(H,26,31). The van der Waals surface area contributed by atoms with Gasteiger partial charge in [-0.2, -0.15) is 10.2 Å². The van der Waals surface area contributed by atoms with Crippen molar-refractivity contribution in [2.24, 2.45) is 5.10 Å². The van der Waals surface area contributed by atoms with Crippen molar-refractivity contribution in [3.8, 4) is 5.75 Å². The van der Waals surface area contributed by atoms with Gasteiger partial charge in [-0.15, -0.1) is 0 Å². The predicted octanol–water partition coefficient (Wildman–Crippen LogP) is 3.19. The highest BCUT2D eigenvalue weighted by atomic mass is 16.6. The number of nitro groups is 1. The van der Waals surface area contributed by atoms with Gasteiger partial charge in [0.15, 0.2) is 0 Å². The van der Waals surface area contributed by atoms with E-state index in [0.29, 0.717) is 34.0 Å². The number of aromatic nitrogens is 2. The molecule has 2 N–H and O–H groups in total. The molecule has 2 aromatic carbocycles. The maximum atomic E-state index is 12.3. The summed E-state index contributed by atoms with van der Waals surface area (Å²) in [6.07, 6.45) is 1.48. The fourth-order valence-electron chi connectivity index (χ4n) is 3.41. The molecule has 1 aromatic heterocycles. The van der Waals surface area contributed by atoms with E-state index in [2.05, 4.69) is 20.9 Å². The number of carbonyl (C=O) groups excluding carboxylic acids is 2. The van der Waals surface area contributed by atoms with Crippen molar-refractivity contribution in [2.45, 2.75) is 27.3 Å². The monoisotopic (exact) mass is 464 g/mol. The Labute approximate surface area is 195 Å². The molecule has 3 rings (SSSR count). The zero-order valence-electron chi connectivity index (χ0n) is 19.2. The molecule has 176 valence electrons. The number of carbonyl (C=O) groups is 2. The summed E-state index contributed by atoms with van der Waals surface area (Å²) >= 11 is 0. The van der Waals surface area contributed by atoms with Crippen LogP contribution in [0.15, 0.2) is 47.6 Å². The highest BCUT2D eigenvalue weighted by molar-refractivity contribution is 5.96. The third-order valence-corrected chi connectivity index (χ3v) is 5.00. The molecule has 0 bridgehead atoms. The summed E-state index contributed by atoms with van der Waals surface area (Å²) in [5.41, 5.74) is 5.63. The topological polar surface area (TPSA) is 141 Å². The fourth-order valence-corrected chi connectivity index (χ4v) is 3.41. The molecule has 2 amide bonds. The molecule has 0 radical (unpaired) electrons. The Hall–Kier alpha value is -4.54. The molecule has 0 aliphatic rings. The van der Waals surface area contributed by atoms with Crippen molar-refractivity contribution < 1.29 is 19.2 Å². The van der Waals surface area contributed by atoms with Gasteiger partial charge in [0, 0.05) is 23.7 Å². The van der Waals surface area contributed by atoms with E-state index in [1.807, 2.05) is 0 Å². The van der Waals surface area contributed by atoms with Crippen LogP contribution in [-0.4, -0.2) is 39.8 Å². The van der Waals surface area contributed by atoms with Crippen LogP contribution >= 0.6 is 0 Å². The molecule has 11 heteroatoms. The fraction of sp³-hybridized carbons (Fsp3) is 0.217. The van der Waals surface area contributed by atoms with Crippen molar-refractivity contribution >= 4 is 29.4 Å². The highest BCUT2D eigenvalue weighted by Crippen LogP contribution is 2.25. The number of nitrogens with one attached hydrogen (secondary N) is 2. The summed E-state index contributed by atoms with van der Waals surface area (Å²) < 4.78 is 6.97. The molecule has 0 fully saturated rings. The molecular formula is C23H24N6O5. The predicted molar refractivity (Wildman–Crippen MR) is 126 cm³/mol. The summed E-state index contributed by atoms with van der Waals surface area (Å²) in [5.74, 6) is -0.0123. The maximum Gasteiger partial charge on any atom is 0.312 e. The molecule has 0 aliphatic heterocycles. The minimum atomic E-state index is -0.440. The van der Waals surface area contributed by atoms with Gasteiger partial charge < -0.3 is 10.1 Å². The summed E-state index contributed by atoms with van der Waals surface area (Å²) in [5, 5.41) is 22.2. The number of hydrogen-bond acceptors (Lipinski definition) is 7. The third kappa shape index (κ3) is 5.63. The molecule has 0 atom stereocenters. The van der Waals surface area contributed by atoms with Gasteiger partial charge in [-0.1, -0.05) is 0 Å². The van der Waals surface area contributed by atoms with Crippen LogP contribution in [0.5, 0.6) is 5.75 Å². The third-order valence-electron chi connectivity index (χ3n) is 5.00. The highest BCUT2D eigenvalue weighted by Gasteiger charge is 2.22. The van der Waals surface area contributed by atoms with Crippen molar-refractivity contribution in [3.63, 3.8) is 0 Å². The lowest BCUT2D eigenvalue weighted by molar-refractivity contribution is -0.386. The number of hydrazone groups is 1. The molecule has 0 unspecified atom stereocenters.